The van der Waals surface area contributed by atoms with Gasteiger partial charge in [-0.05, 0) is 0 Å². The maximum atomic E-state index is 9.24. The molecular weight excluding hydrogens is 220 g/mol. The number of aliphatic hydroxyl groups excluding tert-OH is 1. The second-order valence-electron chi connectivity index (χ2n) is 3.94. The van der Waals surface area contributed by atoms with Gasteiger partial charge in [-0.3, -0.25) is 0 Å². The molecule has 1 fully saturated rings. The molecule has 0 saturated carbocycles. The number of hydrogen-bond donors (Lipinski definition) is 1. The van der Waals surface area contributed by atoms with Crippen LogP contribution < -0.4 is 4.90 Å². The van der Waals surface area contributed by atoms with Crippen LogP contribution in [-0.4, -0.2) is 29.3 Å². The van der Waals surface area contributed by atoms with Crippen molar-refractivity contribution < 1.29 is 5.11 Å². The second-order valence-corrected chi connectivity index (χ2v) is 4.78. The first-order valence-corrected chi connectivity index (χ1v) is 6.15. The van der Waals surface area contributed by atoms with Crippen LogP contribution >= 0.6 is 11.3 Å². The Morgan fingerprint density at radius 2 is 2.00 bits per heavy atom. The van der Waals surface area contributed by atoms with E-state index in [0.29, 0.717) is 13.1 Å². The lowest BCUT2D eigenvalue weighted by Gasteiger charge is -2.35. The summed E-state index contributed by atoms with van der Waals surface area (Å²) >= 11 is 1.63. The lowest BCUT2D eigenvalue weighted by atomic mass is 10.2. The van der Waals surface area contributed by atoms with Gasteiger partial charge in [-0.2, -0.15) is 0 Å². The van der Waals surface area contributed by atoms with Crippen LogP contribution in [0.2, 0.25) is 0 Å². The normalized spacial score (nSPS) is 16.2. The van der Waals surface area contributed by atoms with E-state index in [4.69, 9.17) is 0 Å². The van der Waals surface area contributed by atoms with Gasteiger partial charge in [0, 0.05) is 24.0 Å². The van der Waals surface area contributed by atoms with E-state index in [1.807, 2.05) is 18.2 Å². The monoisotopic (exact) mass is 232 g/mol. The third-order valence-electron chi connectivity index (χ3n) is 2.69. The molecule has 1 aromatic carbocycles. The Morgan fingerprint density at radius 3 is 2.69 bits per heavy atom. The number of aromatic nitrogens is 1. The fourth-order valence-electron chi connectivity index (χ4n) is 1.76. The number of benzene rings is 1. The van der Waals surface area contributed by atoms with Gasteiger partial charge in [0.25, 0.3) is 0 Å². The van der Waals surface area contributed by atoms with Crippen molar-refractivity contribution in [2.75, 3.05) is 18.0 Å². The summed E-state index contributed by atoms with van der Waals surface area (Å²) in [7, 11) is 0. The number of rotatable bonds is 2. The fourth-order valence-corrected chi connectivity index (χ4v) is 2.62. The van der Waals surface area contributed by atoms with E-state index < -0.39 is 0 Å². The van der Waals surface area contributed by atoms with Crippen LogP contribution in [0.3, 0.4) is 0 Å². The molecule has 0 spiro atoms. The molecule has 0 radical (unpaired) electrons. The highest BCUT2D eigenvalue weighted by Gasteiger charge is 2.26. The van der Waals surface area contributed by atoms with Crippen molar-refractivity contribution in [3.63, 3.8) is 0 Å². The zero-order valence-electron chi connectivity index (χ0n) is 8.71. The minimum Gasteiger partial charge on any atom is -0.389 e. The highest BCUT2D eigenvalue weighted by molar-refractivity contribution is 7.14. The zero-order valence-corrected chi connectivity index (χ0v) is 9.52. The van der Waals surface area contributed by atoms with Gasteiger partial charge in [-0.1, -0.05) is 30.3 Å². The van der Waals surface area contributed by atoms with Crippen molar-refractivity contribution in [3.8, 4) is 11.3 Å². The molecule has 4 heteroatoms. The van der Waals surface area contributed by atoms with Gasteiger partial charge < -0.3 is 10.0 Å². The predicted molar refractivity (Wildman–Crippen MR) is 65.8 cm³/mol. The molecule has 0 aliphatic carbocycles. The maximum Gasteiger partial charge on any atom is 0.186 e. The first-order valence-electron chi connectivity index (χ1n) is 5.27. The average Bonchev–Trinajstić information content (AvgIpc) is 2.75. The molecule has 1 aromatic heterocycles. The van der Waals surface area contributed by atoms with Gasteiger partial charge in [0.05, 0.1) is 11.8 Å². The summed E-state index contributed by atoms with van der Waals surface area (Å²) in [6.07, 6.45) is -0.177. The Kier molecular flexibility index (Phi) is 2.38. The average molecular weight is 232 g/mol. The standard InChI is InChI=1S/C12H12N2OS/c15-10-6-14(7-10)12-13-11(8-16-12)9-4-2-1-3-5-9/h1-5,8,10,15H,6-7H2. The van der Waals surface area contributed by atoms with Gasteiger partial charge >= 0.3 is 0 Å². The molecule has 2 aromatic rings. The van der Waals surface area contributed by atoms with E-state index in [0.717, 1.165) is 16.4 Å². The summed E-state index contributed by atoms with van der Waals surface area (Å²) in [6, 6.07) is 10.2. The zero-order chi connectivity index (χ0) is 11.0. The molecule has 1 aliphatic heterocycles. The number of hydrogen-bond acceptors (Lipinski definition) is 4. The number of aliphatic hydroxyl groups is 1. The summed E-state index contributed by atoms with van der Waals surface area (Å²) in [6.45, 7) is 1.42. The van der Waals surface area contributed by atoms with Gasteiger partial charge in [-0.15, -0.1) is 11.3 Å². The molecule has 1 N–H and O–H groups in total. The van der Waals surface area contributed by atoms with E-state index >= 15 is 0 Å². The Morgan fingerprint density at radius 1 is 1.25 bits per heavy atom. The van der Waals surface area contributed by atoms with E-state index in [9.17, 15) is 5.11 Å². The van der Waals surface area contributed by atoms with Crippen molar-refractivity contribution in [3.05, 3.63) is 35.7 Å². The first-order chi connectivity index (χ1) is 7.83. The highest BCUT2D eigenvalue weighted by atomic mass is 32.1. The summed E-state index contributed by atoms with van der Waals surface area (Å²) in [4.78, 5) is 6.67. The SMILES string of the molecule is OC1CN(c2nc(-c3ccccc3)cs2)C1. The molecule has 0 bridgehead atoms. The molecule has 3 rings (SSSR count). The van der Waals surface area contributed by atoms with Crippen LogP contribution in [0.15, 0.2) is 35.7 Å². The predicted octanol–water partition coefficient (Wildman–Crippen LogP) is 1.99. The third-order valence-corrected chi connectivity index (χ3v) is 3.60. The topological polar surface area (TPSA) is 36.4 Å². The van der Waals surface area contributed by atoms with Gasteiger partial charge in [-0.25, -0.2) is 4.98 Å². The van der Waals surface area contributed by atoms with Crippen molar-refractivity contribution >= 4 is 16.5 Å². The number of thiazole rings is 1. The Labute approximate surface area is 98.0 Å². The van der Waals surface area contributed by atoms with Crippen LogP contribution in [0.5, 0.6) is 0 Å². The number of nitrogens with zero attached hydrogens (tertiary/aromatic N) is 2. The van der Waals surface area contributed by atoms with Crippen molar-refractivity contribution in [2.24, 2.45) is 0 Å². The van der Waals surface area contributed by atoms with Crippen LogP contribution in [0.1, 0.15) is 0 Å². The molecule has 16 heavy (non-hydrogen) atoms. The van der Waals surface area contributed by atoms with E-state index in [1.165, 1.54) is 0 Å². The van der Waals surface area contributed by atoms with Crippen molar-refractivity contribution in [1.82, 2.24) is 4.98 Å². The first kappa shape index (κ1) is 9.81. The van der Waals surface area contributed by atoms with E-state index in [-0.39, 0.29) is 6.10 Å². The maximum absolute atomic E-state index is 9.24. The van der Waals surface area contributed by atoms with Crippen LogP contribution in [0.4, 0.5) is 5.13 Å². The minimum atomic E-state index is -0.177. The summed E-state index contributed by atoms with van der Waals surface area (Å²) in [5.41, 5.74) is 2.16. The van der Waals surface area contributed by atoms with Crippen LogP contribution in [-0.2, 0) is 0 Å². The lowest BCUT2D eigenvalue weighted by molar-refractivity contribution is 0.142. The quantitative estimate of drug-likeness (QED) is 0.860. The molecule has 3 nitrogen and oxygen atoms in total. The molecular formula is C12H12N2OS. The minimum absolute atomic E-state index is 0.177. The summed E-state index contributed by atoms with van der Waals surface area (Å²) < 4.78 is 0. The Bertz CT molecular complexity index is 477. The van der Waals surface area contributed by atoms with Crippen LogP contribution in [0.25, 0.3) is 11.3 Å². The van der Waals surface area contributed by atoms with Crippen molar-refractivity contribution in [2.45, 2.75) is 6.10 Å². The van der Waals surface area contributed by atoms with Gasteiger partial charge in [0.2, 0.25) is 0 Å². The number of anilines is 1. The Balaban J connectivity index is 1.83. The summed E-state index contributed by atoms with van der Waals surface area (Å²) in [5.74, 6) is 0. The molecule has 2 heterocycles. The molecule has 0 amide bonds. The highest BCUT2D eigenvalue weighted by Crippen LogP contribution is 2.29. The number of β-amino-alcohol motifs (C(OH)–C–C–N with tert-alkyl or cyclic N) is 1. The third kappa shape index (κ3) is 1.70. The van der Waals surface area contributed by atoms with Crippen LogP contribution in [0, 0.1) is 0 Å². The van der Waals surface area contributed by atoms with E-state index in [2.05, 4.69) is 27.4 Å². The fraction of sp³-hybridized carbons (Fsp3) is 0.250. The van der Waals surface area contributed by atoms with Crippen molar-refractivity contribution in [1.29, 1.82) is 0 Å². The van der Waals surface area contributed by atoms with E-state index in [1.54, 1.807) is 11.3 Å². The largest absolute Gasteiger partial charge is 0.389 e. The lowest BCUT2D eigenvalue weighted by Crippen LogP contribution is -2.50. The van der Waals surface area contributed by atoms with Gasteiger partial charge in [0.15, 0.2) is 5.13 Å². The molecule has 1 aliphatic rings. The molecule has 0 atom stereocenters. The molecule has 1 saturated heterocycles. The summed E-state index contributed by atoms with van der Waals surface area (Å²) in [5, 5.41) is 12.3. The smallest absolute Gasteiger partial charge is 0.186 e. The Hall–Kier alpha value is -1.39. The molecule has 82 valence electrons. The molecule has 0 unspecified atom stereocenters. The second kappa shape index (κ2) is 3.88. The van der Waals surface area contributed by atoms with Gasteiger partial charge in [0.1, 0.15) is 0 Å².